The fraction of sp³-hybridized carbons (Fsp3) is 0.388. The van der Waals surface area contributed by atoms with Gasteiger partial charge in [-0.05, 0) is 96.7 Å². The molecule has 9 rings (SSSR count). The number of morpholine rings is 1. The Labute approximate surface area is 359 Å². The second-order valence-electron chi connectivity index (χ2n) is 18.2. The lowest BCUT2D eigenvalue weighted by Gasteiger charge is -2.40. The zero-order valence-electron chi connectivity index (χ0n) is 35.9. The Morgan fingerprint density at radius 1 is 0.820 bits per heavy atom. The molecule has 318 valence electrons. The number of benzene rings is 4. The fourth-order valence-electron chi connectivity index (χ4n) is 8.82. The van der Waals surface area contributed by atoms with E-state index in [0.29, 0.717) is 78.7 Å². The number of carbonyl (C=O) groups excluding carboxylic acids is 2. The van der Waals surface area contributed by atoms with Crippen LogP contribution in [0.1, 0.15) is 64.7 Å². The molecule has 61 heavy (non-hydrogen) atoms. The number of anilines is 2. The third-order valence-corrected chi connectivity index (χ3v) is 17.6. The summed E-state index contributed by atoms with van der Waals surface area (Å²) in [5.74, 6) is 1.49. The lowest BCUT2D eigenvalue weighted by Crippen LogP contribution is -2.52. The number of nitrogens with zero attached hydrogens (tertiary/aromatic N) is 4. The largest absolute Gasteiger partial charge is 0.544 e. The number of aromatic nitrogens is 1. The minimum absolute atomic E-state index is 0.0286. The minimum Gasteiger partial charge on any atom is -0.544 e. The first-order valence-electron chi connectivity index (χ1n) is 21.6. The molecule has 1 aromatic heterocycles. The lowest BCUT2D eigenvalue weighted by atomic mass is 9.92. The van der Waals surface area contributed by atoms with Crippen LogP contribution in [0.5, 0.6) is 17.2 Å². The molecule has 1 fully saturated rings. The van der Waals surface area contributed by atoms with Crippen LogP contribution in [0.3, 0.4) is 0 Å². The van der Waals surface area contributed by atoms with Gasteiger partial charge < -0.3 is 33.2 Å². The number of carbonyl (C=O) groups is 2. The number of hydrogen-bond donors (Lipinski definition) is 1. The Morgan fingerprint density at radius 3 is 2.21 bits per heavy atom. The summed E-state index contributed by atoms with van der Waals surface area (Å²) in [4.78, 5) is 36.7. The number of rotatable bonds is 9. The van der Waals surface area contributed by atoms with Crippen molar-refractivity contribution in [3.63, 3.8) is 0 Å². The molecule has 11 nitrogen and oxygen atoms in total. The van der Waals surface area contributed by atoms with Crippen LogP contribution in [0.4, 0.5) is 11.4 Å². The average Bonchev–Trinajstić information content (AvgIpc) is 3.88. The Balaban J connectivity index is 1.13. The molecule has 0 spiro atoms. The van der Waals surface area contributed by atoms with Crippen molar-refractivity contribution in [2.24, 2.45) is 0 Å². The van der Waals surface area contributed by atoms with Crippen molar-refractivity contribution in [1.82, 2.24) is 14.4 Å². The first-order valence-corrected chi connectivity index (χ1v) is 24.5. The van der Waals surface area contributed by atoms with Gasteiger partial charge in [-0.3, -0.25) is 19.4 Å². The molecule has 1 N–H and O–H groups in total. The van der Waals surface area contributed by atoms with E-state index < -0.39 is 14.4 Å². The van der Waals surface area contributed by atoms with Gasteiger partial charge in [0.15, 0.2) is 11.5 Å². The van der Waals surface area contributed by atoms with E-state index in [1.165, 1.54) is 5.56 Å². The summed E-state index contributed by atoms with van der Waals surface area (Å²) >= 11 is 0. The Bertz CT molecular complexity index is 2420. The average molecular weight is 841 g/mol. The molecule has 5 heterocycles. The zero-order chi connectivity index (χ0) is 42.5. The summed E-state index contributed by atoms with van der Waals surface area (Å²) in [5.41, 5.74) is 6.86. The molecule has 0 bridgehead atoms. The molecule has 1 saturated heterocycles. The molecule has 5 aromatic rings. The molecule has 0 aliphatic carbocycles. The quantitative estimate of drug-likeness (QED) is 0.148. The van der Waals surface area contributed by atoms with E-state index in [0.717, 1.165) is 48.8 Å². The number of ether oxygens (including phenoxy) is 3. The fourth-order valence-corrected chi connectivity index (χ4v) is 9.86. The van der Waals surface area contributed by atoms with E-state index in [1.54, 1.807) is 4.90 Å². The molecular formula is C49H56N4O7Si. The lowest BCUT2D eigenvalue weighted by molar-refractivity contribution is 0.0193. The highest BCUT2D eigenvalue weighted by Crippen LogP contribution is 2.43. The maximum Gasteiger partial charge on any atom is 0.264 e. The predicted molar refractivity (Wildman–Crippen MR) is 239 cm³/mol. The molecule has 0 radical (unpaired) electrons. The van der Waals surface area contributed by atoms with Gasteiger partial charge >= 0.3 is 0 Å². The second-order valence-corrected chi connectivity index (χ2v) is 23.0. The summed E-state index contributed by atoms with van der Waals surface area (Å²) in [6, 6.07) is 31.3. The van der Waals surface area contributed by atoms with Gasteiger partial charge in [0.25, 0.3) is 11.8 Å². The molecule has 2 amide bonds. The van der Waals surface area contributed by atoms with Crippen molar-refractivity contribution >= 4 is 31.5 Å². The van der Waals surface area contributed by atoms with Crippen LogP contribution in [-0.4, -0.2) is 91.4 Å². The van der Waals surface area contributed by atoms with Gasteiger partial charge in [-0.15, -0.1) is 0 Å². The molecule has 0 saturated carbocycles. The van der Waals surface area contributed by atoms with Crippen LogP contribution < -0.4 is 18.8 Å². The summed E-state index contributed by atoms with van der Waals surface area (Å²) in [6.45, 7) is 15.8. The number of fused-ring (bicyclic) bond motifs is 3. The van der Waals surface area contributed by atoms with Crippen LogP contribution >= 0.6 is 0 Å². The predicted octanol–water partition coefficient (Wildman–Crippen LogP) is 8.45. The normalized spacial score (nSPS) is 19.0. The SMILES string of the molecule is CC(C)(C)[Si](C)(C)Oc1ccc(N(C(=O)c2cc(-c3cc4c(cc3C(=O)N3Cc5ccccc5C[C@H]3CN3CCOCC3)OCO4)n3c2CC(O)CC3)c2ccccc2)cc1. The van der Waals surface area contributed by atoms with Gasteiger partial charge in [-0.2, -0.15) is 0 Å². The van der Waals surface area contributed by atoms with Crippen molar-refractivity contribution in [1.29, 1.82) is 0 Å². The van der Waals surface area contributed by atoms with Crippen LogP contribution in [-0.2, 0) is 30.7 Å². The number of aliphatic hydroxyl groups is 1. The maximum atomic E-state index is 15.3. The Hall–Kier alpha value is -5.40. The van der Waals surface area contributed by atoms with E-state index in [1.807, 2.05) is 83.8 Å². The Morgan fingerprint density at radius 2 is 1.49 bits per heavy atom. The van der Waals surface area contributed by atoms with Gasteiger partial charge in [-0.1, -0.05) is 63.2 Å². The summed E-state index contributed by atoms with van der Waals surface area (Å²) < 4.78 is 26.2. The highest BCUT2D eigenvalue weighted by atomic mass is 28.4. The van der Waals surface area contributed by atoms with Crippen molar-refractivity contribution in [3.05, 3.63) is 125 Å². The van der Waals surface area contributed by atoms with Crippen LogP contribution in [0.25, 0.3) is 11.3 Å². The van der Waals surface area contributed by atoms with Crippen LogP contribution in [0.2, 0.25) is 18.1 Å². The third-order valence-electron chi connectivity index (χ3n) is 13.3. The minimum atomic E-state index is -2.10. The van der Waals surface area contributed by atoms with Crippen LogP contribution in [0, 0.1) is 0 Å². The topological polar surface area (TPSA) is 106 Å². The van der Waals surface area contributed by atoms with Gasteiger partial charge in [-0.25, -0.2) is 0 Å². The molecule has 1 unspecified atom stereocenters. The molecule has 12 heteroatoms. The van der Waals surface area contributed by atoms with Crippen LogP contribution in [0.15, 0.2) is 97.1 Å². The van der Waals surface area contributed by atoms with E-state index in [9.17, 15) is 5.11 Å². The number of hydrogen-bond acceptors (Lipinski definition) is 8. The smallest absolute Gasteiger partial charge is 0.264 e. The summed E-state index contributed by atoms with van der Waals surface area (Å²) in [5, 5.41) is 11.1. The number of para-hydroxylation sites is 1. The molecule has 4 aliphatic rings. The zero-order valence-corrected chi connectivity index (χ0v) is 36.9. The van der Waals surface area contributed by atoms with Crippen molar-refractivity contribution in [2.45, 2.75) is 83.4 Å². The molecule has 4 aliphatic heterocycles. The van der Waals surface area contributed by atoms with Crippen molar-refractivity contribution in [3.8, 4) is 28.5 Å². The Kier molecular flexibility index (Phi) is 11.1. The van der Waals surface area contributed by atoms with Gasteiger partial charge in [0.2, 0.25) is 15.1 Å². The van der Waals surface area contributed by atoms with E-state index in [2.05, 4.69) is 61.5 Å². The highest BCUT2D eigenvalue weighted by molar-refractivity contribution is 6.74. The van der Waals surface area contributed by atoms with Gasteiger partial charge in [0.1, 0.15) is 5.75 Å². The van der Waals surface area contributed by atoms with Crippen molar-refractivity contribution in [2.75, 3.05) is 44.5 Å². The second kappa shape index (κ2) is 16.5. The van der Waals surface area contributed by atoms with Crippen molar-refractivity contribution < 1.29 is 33.3 Å². The first-order chi connectivity index (χ1) is 29.3. The maximum absolute atomic E-state index is 15.3. The van der Waals surface area contributed by atoms with Gasteiger partial charge in [0, 0.05) is 73.5 Å². The summed E-state index contributed by atoms with van der Waals surface area (Å²) in [7, 11) is -2.10. The molecular weight excluding hydrogens is 785 g/mol. The number of amides is 2. The van der Waals surface area contributed by atoms with Gasteiger partial charge in [0.05, 0.1) is 30.4 Å². The third kappa shape index (κ3) is 8.09. The molecule has 4 aromatic carbocycles. The van der Waals surface area contributed by atoms with E-state index in [4.69, 9.17) is 18.6 Å². The number of aliphatic hydroxyl groups excluding tert-OH is 1. The standard InChI is InChI=1S/C49H56N4O7Si/c1-49(2,3)61(4,5)60-39-17-15-36(16-18-39)53(35-13-7-6-8-14-35)48(56)42-27-44(51-20-19-38(54)26-43(42)51)40-28-45-46(59-32-58-45)29-41(40)47(55)52-30-34-12-10-9-11-33(34)25-37(52)31-50-21-23-57-24-22-50/h6-18,27-29,37-38,54H,19-26,30-32H2,1-5H3/t37-,38?/m0/s1. The monoisotopic (exact) mass is 840 g/mol. The summed E-state index contributed by atoms with van der Waals surface area (Å²) in [6.07, 6.45) is 0.931. The highest BCUT2D eigenvalue weighted by Gasteiger charge is 2.40. The van der Waals surface area contributed by atoms with E-state index >= 15 is 9.59 Å². The first kappa shape index (κ1) is 41.0. The van der Waals surface area contributed by atoms with E-state index in [-0.39, 0.29) is 29.7 Å². The molecule has 2 atom stereocenters.